The second-order valence-corrected chi connectivity index (χ2v) is 0.877. The third-order valence-electron chi connectivity index (χ3n) is 0. The van der Waals surface area contributed by atoms with Crippen molar-refractivity contribution in [3.63, 3.8) is 0 Å². The van der Waals surface area contributed by atoms with E-state index < -0.39 is 10.8 Å². The molecule has 0 heterocycles. The fraction of sp³-hybridized carbons (Fsp3) is 0. The summed E-state index contributed by atoms with van der Waals surface area (Å²) >= 11 is 3.70. The van der Waals surface area contributed by atoms with E-state index in [2.05, 4.69) is 12.6 Å². The minimum atomic E-state index is -2.60. The number of thiocyanates is 1. The maximum Gasteiger partial charge on any atom is 1.00 e. The van der Waals surface area contributed by atoms with Gasteiger partial charge in [-0.2, -0.15) is 0 Å². The van der Waals surface area contributed by atoms with Crippen LogP contribution in [0.3, 0.4) is 0 Å². The van der Waals surface area contributed by atoms with Crippen molar-refractivity contribution in [1.29, 1.82) is 5.26 Å². The van der Waals surface area contributed by atoms with Crippen molar-refractivity contribution in [2.45, 2.75) is 0 Å². The molecule has 7 heteroatoms. The van der Waals surface area contributed by atoms with Crippen LogP contribution in [0.25, 0.3) is 0 Å². The molecule has 0 aliphatic heterocycles. The van der Waals surface area contributed by atoms with E-state index in [4.69, 9.17) is 19.2 Å². The zero-order chi connectivity index (χ0) is 6.28. The standard InChI is InChI=1S/CHNS.ClHO3.K/c2-1-3;2-1(3)4;/h3H;2H;/q;;+1/p-1. The van der Waals surface area contributed by atoms with Crippen LogP contribution < -0.4 is 60.7 Å². The molecule has 0 radical (unpaired) electrons. The smallest absolute Gasteiger partial charge is 0.696 e. The van der Waals surface area contributed by atoms with Crippen LogP contribution in [0.5, 0.6) is 0 Å². The van der Waals surface area contributed by atoms with E-state index in [0.29, 0.717) is 0 Å². The SMILES string of the molecule is N#C[S-].[K+].[O-][Cl+2]([O-])O. The van der Waals surface area contributed by atoms with Gasteiger partial charge < -0.3 is 21.9 Å². The maximum absolute atomic E-state index is 8.52. The number of hydrogen-bond donors (Lipinski definition) is 1. The number of nitrogens with zero attached hydrogens (tertiary/aromatic N) is 1. The Morgan fingerprint density at radius 2 is 1.62 bits per heavy atom. The van der Waals surface area contributed by atoms with Gasteiger partial charge in [-0.15, -0.1) is 0 Å². The number of rotatable bonds is 0. The van der Waals surface area contributed by atoms with Crippen molar-refractivity contribution in [2.24, 2.45) is 0 Å². The van der Waals surface area contributed by atoms with Gasteiger partial charge in [0, 0.05) is 4.66 Å². The minimum Gasteiger partial charge on any atom is -0.696 e. The summed E-state index contributed by atoms with van der Waals surface area (Å²) in [6.45, 7) is 0. The summed E-state index contributed by atoms with van der Waals surface area (Å²) in [5.74, 6) is 0. The van der Waals surface area contributed by atoms with Crippen LogP contribution in [0.1, 0.15) is 0 Å². The summed E-state index contributed by atoms with van der Waals surface area (Å²) in [6.07, 6.45) is 0. The van der Waals surface area contributed by atoms with E-state index in [9.17, 15) is 0 Å². The molecule has 0 saturated heterocycles. The van der Waals surface area contributed by atoms with Crippen molar-refractivity contribution in [3.8, 4) is 5.40 Å². The molecule has 0 aromatic heterocycles. The van der Waals surface area contributed by atoms with E-state index in [1.807, 2.05) is 0 Å². The average Bonchev–Trinajstić information content (AvgIpc) is 1.33. The zero-order valence-electron chi connectivity index (χ0n) is 4.00. The molecule has 0 saturated carbocycles. The molecule has 0 bridgehead atoms. The van der Waals surface area contributed by atoms with Gasteiger partial charge in [-0.3, -0.25) is 0 Å². The van der Waals surface area contributed by atoms with Gasteiger partial charge in [0.1, 0.15) is 0 Å². The normalized spacial score (nSPS) is 5.38. The Kier molecular flexibility index (Phi) is 32.1. The molecular weight excluding hydrogens is 181 g/mol. The van der Waals surface area contributed by atoms with Gasteiger partial charge in [0.05, 0.1) is 0 Å². The minimum absolute atomic E-state index is 0. The summed E-state index contributed by atoms with van der Waals surface area (Å²) in [4.78, 5) is 0. The molecule has 0 spiro atoms. The largest absolute Gasteiger partial charge is 1.00 e. The fourth-order valence-corrected chi connectivity index (χ4v) is 0. The van der Waals surface area contributed by atoms with E-state index >= 15 is 0 Å². The quantitative estimate of drug-likeness (QED) is 0.228. The summed E-state index contributed by atoms with van der Waals surface area (Å²) in [6, 6.07) is 0. The van der Waals surface area contributed by atoms with Crippen molar-refractivity contribution in [3.05, 3.63) is 0 Å². The maximum atomic E-state index is 8.52. The van der Waals surface area contributed by atoms with Gasteiger partial charge in [0.25, 0.3) is 10.8 Å². The molecule has 0 atom stereocenters. The van der Waals surface area contributed by atoms with Crippen molar-refractivity contribution < 1.29 is 76.1 Å². The third kappa shape index (κ3) is 139. The van der Waals surface area contributed by atoms with Gasteiger partial charge in [0.15, 0.2) is 0 Å². The molecule has 8 heavy (non-hydrogen) atoms. The predicted molar refractivity (Wildman–Crippen MR) is 15.2 cm³/mol. The molecule has 42 valence electrons. The van der Waals surface area contributed by atoms with Gasteiger partial charge in [0.2, 0.25) is 0 Å². The van der Waals surface area contributed by atoms with E-state index in [0.717, 1.165) is 0 Å². The van der Waals surface area contributed by atoms with Crippen LogP contribution in [0.2, 0.25) is 0 Å². The fourth-order valence-electron chi connectivity index (χ4n) is 0. The monoisotopic (exact) mass is 181 g/mol. The second kappa shape index (κ2) is 15.8. The molecule has 0 amide bonds. The Labute approximate surface area is 97.7 Å². The first-order valence-corrected chi connectivity index (χ1v) is 2.27. The predicted octanol–water partition coefficient (Wildman–Crippen LogP) is -5.92. The topological polar surface area (TPSA) is 90.1 Å². The first-order chi connectivity index (χ1) is 3.15. The van der Waals surface area contributed by atoms with Crippen LogP contribution in [-0.2, 0) is 12.6 Å². The van der Waals surface area contributed by atoms with Crippen LogP contribution >= 0.6 is 0 Å². The number of halogens is 1. The molecule has 0 fully saturated rings. The van der Waals surface area contributed by atoms with Gasteiger partial charge >= 0.3 is 51.4 Å². The van der Waals surface area contributed by atoms with E-state index in [-0.39, 0.29) is 51.4 Å². The molecule has 1 N–H and O–H groups in total. The molecule has 0 rings (SSSR count). The Morgan fingerprint density at radius 1 is 1.62 bits per heavy atom. The summed E-state index contributed by atoms with van der Waals surface area (Å²) in [7, 11) is -2.60. The van der Waals surface area contributed by atoms with Crippen LogP contribution in [0, 0.1) is 21.4 Å². The molecule has 4 nitrogen and oxygen atoms in total. The molecule has 0 unspecified atom stereocenters. The van der Waals surface area contributed by atoms with Gasteiger partial charge in [-0.05, 0) is 0 Å². The second-order valence-electron chi connectivity index (χ2n) is 0.292. The van der Waals surface area contributed by atoms with Crippen LogP contribution in [0.4, 0.5) is 0 Å². The number of hydrogen-bond acceptors (Lipinski definition) is 5. The van der Waals surface area contributed by atoms with Crippen molar-refractivity contribution in [1.82, 2.24) is 0 Å². The molecule has 0 aliphatic carbocycles. The average molecular weight is 182 g/mol. The van der Waals surface area contributed by atoms with Crippen molar-refractivity contribution in [2.75, 3.05) is 0 Å². The summed E-state index contributed by atoms with van der Waals surface area (Å²) in [5, 5.41) is 8.47. The Balaban J connectivity index is -0.0000000575. The van der Waals surface area contributed by atoms with Crippen LogP contribution in [0.15, 0.2) is 0 Å². The van der Waals surface area contributed by atoms with Crippen molar-refractivity contribution >= 4 is 12.6 Å². The molecule has 0 aliphatic rings. The zero-order valence-corrected chi connectivity index (χ0v) is 8.69. The van der Waals surface area contributed by atoms with E-state index in [1.54, 1.807) is 0 Å². The third-order valence-corrected chi connectivity index (χ3v) is 0. The molecular formula is CHClKNO3S. The Bertz CT molecular complexity index is 62.0. The van der Waals surface area contributed by atoms with Gasteiger partial charge in [-0.25, -0.2) is 5.26 Å². The van der Waals surface area contributed by atoms with E-state index in [1.165, 1.54) is 5.40 Å². The first-order valence-electron chi connectivity index (χ1n) is 0.905. The van der Waals surface area contributed by atoms with Gasteiger partial charge in [-0.1, -0.05) is 5.40 Å². The molecule has 0 aromatic rings. The number of nitriles is 1. The molecule has 0 aromatic carbocycles. The Morgan fingerprint density at radius 3 is 1.62 bits per heavy atom. The first kappa shape index (κ1) is 16.3. The summed E-state index contributed by atoms with van der Waals surface area (Å²) < 4.78 is 24.0. The summed E-state index contributed by atoms with van der Waals surface area (Å²) in [5.41, 5.74) is 0. The Hall–Kier alpha value is 1.52. The van der Waals surface area contributed by atoms with Crippen LogP contribution in [-0.4, -0.2) is 4.66 Å².